The zero-order chi connectivity index (χ0) is 15.7. The van der Waals surface area contributed by atoms with Crippen LogP contribution in [0.1, 0.15) is 5.69 Å². The van der Waals surface area contributed by atoms with Gasteiger partial charge in [0.2, 0.25) is 5.91 Å². The van der Waals surface area contributed by atoms with Gasteiger partial charge in [-0.1, -0.05) is 6.07 Å². The van der Waals surface area contributed by atoms with Crippen LogP contribution in [0.2, 0.25) is 0 Å². The molecule has 0 saturated carbocycles. The van der Waals surface area contributed by atoms with Crippen molar-refractivity contribution >= 4 is 41.5 Å². The highest BCUT2D eigenvalue weighted by Crippen LogP contribution is 2.43. The fraction of sp³-hybridized carbons (Fsp3) is 0.357. The third kappa shape index (κ3) is 2.62. The van der Waals surface area contributed by atoms with E-state index in [1.807, 2.05) is 18.2 Å². The molecule has 3 rings (SSSR count). The molecule has 22 heavy (non-hydrogen) atoms. The van der Waals surface area contributed by atoms with E-state index in [1.165, 1.54) is 23.5 Å². The molecule has 2 aliphatic heterocycles. The molecule has 1 aromatic heterocycles. The largest absolute Gasteiger partial charge is 0.480 e. The number of carbonyl (C=O) groups excluding carboxylic acids is 1. The zero-order valence-electron chi connectivity index (χ0n) is 11.6. The lowest BCUT2D eigenvalue weighted by molar-refractivity contribution is -0.148. The molecule has 2 unspecified atom stereocenters. The van der Waals surface area contributed by atoms with Gasteiger partial charge in [0.05, 0.1) is 5.69 Å². The Kier molecular flexibility index (Phi) is 4.16. The number of amides is 1. The highest BCUT2D eigenvalue weighted by atomic mass is 32.2. The van der Waals surface area contributed by atoms with Crippen molar-refractivity contribution in [1.82, 2.24) is 9.88 Å². The number of aromatic nitrogens is 1. The van der Waals surface area contributed by atoms with Crippen LogP contribution in [0.4, 0.5) is 0 Å². The van der Waals surface area contributed by atoms with Gasteiger partial charge in [-0.2, -0.15) is 0 Å². The van der Waals surface area contributed by atoms with Crippen LogP contribution in [0.5, 0.6) is 0 Å². The van der Waals surface area contributed by atoms with Crippen molar-refractivity contribution in [3.8, 4) is 0 Å². The van der Waals surface area contributed by atoms with E-state index in [9.17, 15) is 14.7 Å². The number of carboxylic acid groups (broad SMARTS) is 1. The lowest BCUT2D eigenvalue weighted by Gasteiger charge is -2.52. The van der Waals surface area contributed by atoms with Crippen molar-refractivity contribution in [2.45, 2.75) is 16.2 Å². The number of fused-ring (bicyclic) bond motifs is 1. The van der Waals surface area contributed by atoms with E-state index in [0.717, 1.165) is 5.69 Å². The molecule has 2 aliphatic rings. The summed E-state index contributed by atoms with van der Waals surface area (Å²) in [5, 5.41) is 11.3. The average Bonchev–Trinajstić information content (AvgIpc) is 2.54. The summed E-state index contributed by atoms with van der Waals surface area (Å²) in [6, 6.07) is 5.03. The average molecular weight is 337 g/mol. The maximum Gasteiger partial charge on any atom is 0.322 e. The SMILES string of the molecule is NC1C(=O)N2CC(SC=Cc3ccccn3)(C(=O)O)CS[C@H]12. The van der Waals surface area contributed by atoms with Crippen LogP contribution in [0.25, 0.3) is 6.08 Å². The molecule has 0 aromatic carbocycles. The van der Waals surface area contributed by atoms with Crippen molar-refractivity contribution in [3.05, 3.63) is 35.5 Å². The van der Waals surface area contributed by atoms with Crippen LogP contribution in [0.15, 0.2) is 29.8 Å². The Hall–Kier alpha value is -1.51. The first-order chi connectivity index (χ1) is 10.5. The second-order valence-electron chi connectivity index (χ2n) is 5.17. The Morgan fingerprint density at radius 1 is 1.59 bits per heavy atom. The Morgan fingerprint density at radius 2 is 2.41 bits per heavy atom. The number of nitrogens with two attached hydrogens (primary N) is 1. The second kappa shape index (κ2) is 5.94. The van der Waals surface area contributed by atoms with Crippen molar-refractivity contribution in [1.29, 1.82) is 0 Å². The normalized spacial score (nSPS) is 31.0. The summed E-state index contributed by atoms with van der Waals surface area (Å²) in [5.74, 6) is -0.665. The number of aliphatic carboxylic acids is 1. The Labute approximate surface area is 136 Å². The van der Waals surface area contributed by atoms with Crippen molar-refractivity contribution in [3.63, 3.8) is 0 Å². The van der Waals surface area contributed by atoms with Gasteiger partial charge < -0.3 is 15.7 Å². The van der Waals surface area contributed by atoms with E-state index in [1.54, 1.807) is 22.6 Å². The molecule has 1 amide bonds. The molecule has 3 atom stereocenters. The molecular weight excluding hydrogens is 322 g/mol. The molecule has 0 bridgehead atoms. The van der Waals surface area contributed by atoms with Gasteiger partial charge in [-0.3, -0.25) is 14.6 Å². The Bertz CT molecular complexity index is 625. The van der Waals surface area contributed by atoms with Crippen LogP contribution in [0, 0.1) is 0 Å². The molecule has 8 heteroatoms. The van der Waals surface area contributed by atoms with Crippen molar-refractivity contribution < 1.29 is 14.7 Å². The summed E-state index contributed by atoms with van der Waals surface area (Å²) < 4.78 is -1.04. The minimum atomic E-state index is -1.04. The van der Waals surface area contributed by atoms with Gasteiger partial charge in [0.25, 0.3) is 0 Å². The molecule has 6 nitrogen and oxygen atoms in total. The van der Waals surface area contributed by atoms with Gasteiger partial charge >= 0.3 is 5.97 Å². The first-order valence-corrected chi connectivity index (χ1v) is 8.63. The fourth-order valence-corrected chi connectivity index (χ4v) is 5.01. The number of pyridine rings is 1. The predicted octanol–water partition coefficient (Wildman–Crippen LogP) is 0.851. The van der Waals surface area contributed by atoms with E-state index in [-0.39, 0.29) is 17.8 Å². The minimum absolute atomic E-state index is 0.0830. The van der Waals surface area contributed by atoms with Gasteiger partial charge in [-0.15, -0.1) is 23.5 Å². The van der Waals surface area contributed by atoms with Crippen molar-refractivity contribution in [2.75, 3.05) is 12.3 Å². The molecule has 3 heterocycles. The maximum absolute atomic E-state index is 11.8. The zero-order valence-corrected chi connectivity index (χ0v) is 13.2. The lowest BCUT2D eigenvalue weighted by atomic mass is 10.0. The monoisotopic (exact) mass is 337 g/mol. The maximum atomic E-state index is 11.8. The van der Waals surface area contributed by atoms with Gasteiger partial charge in [0, 0.05) is 18.5 Å². The van der Waals surface area contributed by atoms with E-state index < -0.39 is 16.8 Å². The number of hydrogen-bond donors (Lipinski definition) is 2. The first-order valence-electron chi connectivity index (χ1n) is 6.70. The lowest BCUT2D eigenvalue weighted by Crippen LogP contribution is -2.73. The fourth-order valence-electron chi connectivity index (χ4n) is 2.41. The molecule has 116 valence electrons. The predicted molar refractivity (Wildman–Crippen MR) is 87.2 cm³/mol. The van der Waals surface area contributed by atoms with Gasteiger partial charge in [-0.25, -0.2) is 0 Å². The third-order valence-corrected chi connectivity index (χ3v) is 6.61. The molecule has 3 N–H and O–H groups in total. The number of nitrogens with zero attached hydrogens (tertiary/aromatic N) is 2. The molecule has 1 aromatic rings. The second-order valence-corrected chi connectivity index (χ2v) is 7.56. The molecule has 0 spiro atoms. The van der Waals surface area contributed by atoms with Crippen LogP contribution in [-0.4, -0.2) is 55.3 Å². The van der Waals surface area contributed by atoms with Crippen LogP contribution < -0.4 is 5.73 Å². The van der Waals surface area contributed by atoms with Crippen LogP contribution >= 0.6 is 23.5 Å². The number of rotatable bonds is 4. The third-order valence-electron chi connectivity index (χ3n) is 3.71. The van der Waals surface area contributed by atoms with Crippen molar-refractivity contribution in [2.24, 2.45) is 5.73 Å². The summed E-state index contributed by atoms with van der Waals surface area (Å²) in [6.07, 6.45) is 3.45. The number of carbonyl (C=O) groups is 2. The van der Waals surface area contributed by atoms with E-state index >= 15 is 0 Å². The summed E-state index contributed by atoms with van der Waals surface area (Å²) in [5.41, 5.74) is 6.49. The Balaban J connectivity index is 1.72. The smallest absolute Gasteiger partial charge is 0.322 e. The van der Waals surface area contributed by atoms with Gasteiger partial charge in [0.15, 0.2) is 0 Å². The van der Waals surface area contributed by atoms with Gasteiger partial charge in [0.1, 0.15) is 16.2 Å². The number of thioether (sulfide) groups is 2. The summed E-state index contributed by atoms with van der Waals surface area (Å²) in [7, 11) is 0. The number of hydrogen-bond acceptors (Lipinski definition) is 6. The van der Waals surface area contributed by atoms with E-state index in [2.05, 4.69) is 4.98 Å². The number of carboxylic acids is 1. The topological polar surface area (TPSA) is 96.5 Å². The number of β-lactam (4-membered cyclic amide) rings is 1. The summed E-state index contributed by atoms with van der Waals surface area (Å²) in [6.45, 7) is 0.184. The van der Waals surface area contributed by atoms with Gasteiger partial charge in [-0.05, 0) is 23.6 Å². The molecular formula is C14H15N3O3S2. The molecule has 2 fully saturated rings. The molecule has 0 aliphatic carbocycles. The highest BCUT2D eigenvalue weighted by molar-refractivity contribution is 8.06. The quantitative estimate of drug-likeness (QED) is 0.786. The Morgan fingerprint density at radius 3 is 3.09 bits per heavy atom. The first kappa shape index (κ1) is 15.4. The van der Waals surface area contributed by atoms with E-state index in [0.29, 0.717) is 5.75 Å². The van der Waals surface area contributed by atoms with E-state index in [4.69, 9.17) is 5.73 Å². The van der Waals surface area contributed by atoms with Crippen LogP contribution in [-0.2, 0) is 9.59 Å². The molecule has 0 radical (unpaired) electrons. The highest BCUT2D eigenvalue weighted by Gasteiger charge is 2.55. The minimum Gasteiger partial charge on any atom is -0.480 e. The van der Waals surface area contributed by atoms with Crippen LogP contribution in [0.3, 0.4) is 0 Å². The molecule has 2 saturated heterocycles. The summed E-state index contributed by atoms with van der Waals surface area (Å²) in [4.78, 5) is 29.2. The standard InChI is InChI=1S/C14H15N3O3S2/c15-10-11(18)17-7-14(13(19)20,8-21-12(10)17)22-6-4-9-3-1-2-5-16-9/h1-6,10,12H,7-8,15H2,(H,19,20)/t10?,12-,14?/m1/s1. The summed E-state index contributed by atoms with van der Waals surface area (Å²) >= 11 is 2.65.